The number of aliphatic hydroxyl groups is 1. The van der Waals surface area contributed by atoms with Crippen molar-refractivity contribution in [3.05, 3.63) is 34.9 Å². The Labute approximate surface area is 105 Å². The molecule has 1 atom stereocenters. The fourth-order valence-electron chi connectivity index (χ4n) is 2.18. The Balaban J connectivity index is 2.20. The molecular weight excluding hydrogens is 240 g/mol. The van der Waals surface area contributed by atoms with Crippen LogP contribution in [0.1, 0.15) is 31.2 Å². The number of benzene rings is 1. The van der Waals surface area contributed by atoms with E-state index in [0.717, 1.165) is 18.4 Å². The molecule has 0 amide bonds. The molecule has 1 aromatic carbocycles. The summed E-state index contributed by atoms with van der Waals surface area (Å²) in [5, 5.41) is 20.0. The summed E-state index contributed by atoms with van der Waals surface area (Å²) in [5.41, 5.74) is -0.242. The first-order valence-electron chi connectivity index (χ1n) is 5.72. The van der Waals surface area contributed by atoms with E-state index < -0.39 is 11.6 Å². The van der Waals surface area contributed by atoms with Gasteiger partial charge < -0.3 is 10.2 Å². The number of rotatable bonds is 5. The van der Waals surface area contributed by atoms with Crippen molar-refractivity contribution in [3.63, 3.8) is 0 Å². The van der Waals surface area contributed by atoms with Crippen LogP contribution in [-0.4, -0.2) is 16.2 Å². The van der Waals surface area contributed by atoms with Gasteiger partial charge in [0.05, 0.1) is 5.60 Å². The lowest BCUT2D eigenvalue weighted by Gasteiger charge is -2.28. The van der Waals surface area contributed by atoms with Crippen LogP contribution in [0.3, 0.4) is 0 Å². The van der Waals surface area contributed by atoms with Gasteiger partial charge in [0.25, 0.3) is 0 Å². The Kier molecular flexibility index (Phi) is 3.40. The molecule has 0 heterocycles. The summed E-state index contributed by atoms with van der Waals surface area (Å²) in [6.45, 7) is 0. The molecule has 1 aromatic rings. The topological polar surface area (TPSA) is 57.5 Å². The van der Waals surface area contributed by atoms with Crippen molar-refractivity contribution >= 4 is 17.6 Å². The zero-order valence-corrected chi connectivity index (χ0v) is 10.2. The smallest absolute Gasteiger partial charge is 0.303 e. The number of hydrogen-bond donors (Lipinski definition) is 2. The van der Waals surface area contributed by atoms with E-state index in [2.05, 4.69) is 0 Å². The lowest BCUT2D eigenvalue weighted by atomic mass is 9.84. The van der Waals surface area contributed by atoms with Crippen LogP contribution in [0.2, 0.25) is 5.02 Å². The largest absolute Gasteiger partial charge is 0.481 e. The summed E-state index contributed by atoms with van der Waals surface area (Å²) < 4.78 is 0. The van der Waals surface area contributed by atoms with Crippen molar-refractivity contribution in [2.45, 2.75) is 31.3 Å². The van der Waals surface area contributed by atoms with Gasteiger partial charge in [-0.25, -0.2) is 0 Å². The molecule has 0 bridgehead atoms. The molecule has 1 fully saturated rings. The van der Waals surface area contributed by atoms with Crippen molar-refractivity contribution in [3.8, 4) is 0 Å². The first-order valence-corrected chi connectivity index (χ1v) is 6.10. The third-order valence-corrected chi connectivity index (χ3v) is 3.57. The SMILES string of the molecule is O=C(O)CCC(O)(c1ccc(Cl)cc1)C1CC1. The van der Waals surface area contributed by atoms with E-state index in [1.54, 1.807) is 24.3 Å². The second-order valence-corrected chi connectivity index (χ2v) is 5.04. The monoisotopic (exact) mass is 254 g/mol. The van der Waals surface area contributed by atoms with E-state index in [9.17, 15) is 9.90 Å². The maximum Gasteiger partial charge on any atom is 0.303 e. The molecule has 0 radical (unpaired) electrons. The van der Waals surface area contributed by atoms with Crippen LogP contribution in [0, 0.1) is 5.92 Å². The fraction of sp³-hybridized carbons (Fsp3) is 0.462. The van der Waals surface area contributed by atoms with Gasteiger partial charge in [0.1, 0.15) is 0 Å². The highest BCUT2D eigenvalue weighted by molar-refractivity contribution is 6.30. The molecule has 0 aliphatic heterocycles. The highest BCUT2D eigenvalue weighted by Crippen LogP contribution is 2.48. The lowest BCUT2D eigenvalue weighted by Crippen LogP contribution is -2.29. The minimum atomic E-state index is -1.01. The standard InChI is InChI=1S/C13H15ClO3/c14-11-5-3-10(4-6-11)13(17,9-1-2-9)8-7-12(15)16/h3-6,9,17H,1-2,7-8H2,(H,15,16). The van der Waals surface area contributed by atoms with Crippen molar-refractivity contribution in [2.24, 2.45) is 5.92 Å². The van der Waals surface area contributed by atoms with Gasteiger partial charge in [-0.2, -0.15) is 0 Å². The van der Waals surface area contributed by atoms with E-state index >= 15 is 0 Å². The molecular formula is C13H15ClO3. The average Bonchev–Trinajstić information content (AvgIpc) is 3.11. The fourth-order valence-corrected chi connectivity index (χ4v) is 2.31. The summed E-state index contributed by atoms with van der Waals surface area (Å²) >= 11 is 5.81. The van der Waals surface area contributed by atoms with Gasteiger partial charge in [0, 0.05) is 11.4 Å². The molecule has 17 heavy (non-hydrogen) atoms. The Bertz CT molecular complexity index is 411. The Morgan fingerprint density at radius 1 is 1.35 bits per heavy atom. The minimum Gasteiger partial charge on any atom is -0.481 e. The third kappa shape index (κ3) is 2.79. The van der Waals surface area contributed by atoms with Gasteiger partial charge in [-0.05, 0) is 42.9 Å². The molecule has 0 aromatic heterocycles. The normalized spacial score (nSPS) is 18.7. The first kappa shape index (κ1) is 12.4. The second kappa shape index (κ2) is 4.67. The molecule has 2 N–H and O–H groups in total. The number of hydrogen-bond acceptors (Lipinski definition) is 2. The van der Waals surface area contributed by atoms with Crippen LogP contribution < -0.4 is 0 Å². The minimum absolute atomic E-state index is 0.0182. The molecule has 1 unspecified atom stereocenters. The quantitative estimate of drug-likeness (QED) is 0.850. The molecule has 0 spiro atoms. The van der Waals surface area contributed by atoms with E-state index in [1.807, 2.05) is 0 Å². The summed E-state index contributed by atoms with van der Waals surface area (Å²) in [4.78, 5) is 10.6. The maximum atomic E-state index is 10.7. The number of halogens is 1. The van der Waals surface area contributed by atoms with Gasteiger partial charge in [0.15, 0.2) is 0 Å². The lowest BCUT2D eigenvalue weighted by molar-refractivity contribution is -0.138. The zero-order valence-electron chi connectivity index (χ0n) is 9.40. The van der Waals surface area contributed by atoms with Crippen LogP contribution >= 0.6 is 11.6 Å². The number of carboxylic acids is 1. The molecule has 2 rings (SSSR count). The van der Waals surface area contributed by atoms with Gasteiger partial charge in [-0.1, -0.05) is 23.7 Å². The predicted octanol–water partition coefficient (Wildman–Crippen LogP) is 2.80. The van der Waals surface area contributed by atoms with E-state index in [-0.39, 0.29) is 18.8 Å². The van der Waals surface area contributed by atoms with Crippen molar-refractivity contribution in [2.75, 3.05) is 0 Å². The molecule has 1 aliphatic rings. The average molecular weight is 255 g/mol. The molecule has 1 aliphatic carbocycles. The van der Waals surface area contributed by atoms with E-state index in [0.29, 0.717) is 5.02 Å². The summed E-state index contributed by atoms with van der Waals surface area (Å²) in [7, 11) is 0. The summed E-state index contributed by atoms with van der Waals surface area (Å²) in [6.07, 6.45) is 2.15. The van der Waals surface area contributed by atoms with Crippen LogP contribution in [0.5, 0.6) is 0 Å². The number of carboxylic acid groups (broad SMARTS) is 1. The second-order valence-electron chi connectivity index (χ2n) is 4.60. The zero-order chi connectivity index (χ0) is 12.5. The molecule has 4 heteroatoms. The highest BCUT2D eigenvalue weighted by atomic mass is 35.5. The molecule has 92 valence electrons. The van der Waals surface area contributed by atoms with E-state index in [1.165, 1.54) is 0 Å². The molecule has 3 nitrogen and oxygen atoms in total. The van der Waals surface area contributed by atoms with Crippen LogP contribution in [0.15, 0.2) is 24.3 Å². The summed E-state index contributed by atoms with van der Waals surface area (Å²) in [5.74, 6) is -0.693. The van der Waals surface area contributed by atoms with Crippen molar-refractivity contribution in [1.29, 1.82) is 0 Å². The van der Waals surface area contributed by atoms with Crippen LogP contribution in [0.25, 0.3) is 0 Å². The first-order chi connectivity index (χ1) is 8.02. The predicted molar refractivity (Wildman–Crippen MR) is 64.9 cm³/mol. The van der Waals surface area contributed by atoms with Crippen LogP contribution in [0.4, 0.5) is 0 Å². The Morgan fingerprint density at radius 3 is 2.41 bits per heavy atom. The Hall–Kier alpha value is -1.06. The van der Waals surface area contributed by atoms with E-state index in [4.69, 9.17) is 16.7 Å². The van der Waals surface area contributed by atoms with Crippen molar-refractivity contribution in [1.82, 2.24) is 0 Å². The molecule has 1 saturated carbocycles. The third-order valence-electron chi connectivity index (χ3n) is 3.32. The summed E-state index contributed by atoms with van der Waals surface area (Å²) in [6, 6.07) is 7.01. The Morgan fingerprint density at radius 2 is 1.94 bits per heavy atom. The van der Waals surface area contributed by atoms with Gasteiger partial charge in [-0.3, -0.25) is 4.79 Å². The van der Waals surface area contributed by atoms with Gasteiger partial charge >= 0.3 is 5.97 Å². The van der Waals surface area contributed by atoms with Gasteiger partial charge in [0.2, 0.25) is 0 Å². The number of carbonyl (C=O) groups is 1. The molecule has 0 saturated heterocycles. The maximum absolute atomic E-state index is 10.7. The number of aliphatic carboxylic acids is 1. The van der Waals surface area contributed by atoms with Gasteiger partial charge in [-0.15, -0.1) is 0 Å². The van der Waals surface area contributed by atoms with Crippen molar-refractivity contribution < 1.29 is 15.0 Å². The van der Waals surface area contributed by atoms with Crippen LogP contribution in [-0.2, 0) is 10.4 Å². The highest BCUT2D eigenvalue weighted by Gasteiger charge is 2.44.